The van der Waals surface area contributed by atoms with Crippen LogP contribution in [0.25, 0.3) is 0 Å². The third kappa shape index (κ3) is 10.9. The molecule has 0 saturated heterocycles. The van der Waals surface area contributed by atoms with Crippen LogP contribution in [0.2, 0.25) is 6.04 Å². The summed E-state index contributed by atoms with van der Waals surface area (Å²) in [5.41, 5.74) is 0. The Morgan fingerprint density at radius 3 is 2.47 bits per heavy atom. The van der Waals surface area contributed by atoms with Gasteiger partial charge in [-0.05, 0) is 18.4 Å². The quantitative estimate of drug-likeness (QED) is 0.240. The molecule has 5 heteroatoms. The summed E-state index contributed by atoms with van der Waals surface area (Å²) >= 11 is 0. The molecule has 1 atom stereocenters. The van der Waals surface area contributed by atoms with Crippen LogP contribution < -0.4 is 0 Å². The molecule has 0 aliphatic carbocycles. The van der Waals surface area contributed by atoms with Gasteiger partial charge in [-0.3, -0.25) is 0 Å². The number of hydrogen-bond donors (Lipinski definition) is 0. The highest BCUT2D eigenvalue weighted by atomic mass is 28.3. The van der Waals surface area contributed by atoms with Crippen molar-refractivity contribution in [3.63, 3.8) is 0 Å². The van der Waals surface area contributed by atoms with Crippen molar-refractivity contribution in [2.45, 2.75) is 45.1 Å². The van der Waals surface area contributed by atoms with E-state index in [4.69, 9.17) is 13.6 Å². The first-order valence-corrected chi connectivity index (χ1v) is 8.74. The van der Waals surface area contributed by atoms with Crippen LogP contribution in [0.15, 0.2) is 12.7 Å². The van der Waals surface area contributed by atoms with Gasteiger partial charge in [-0.1, -0.05) is 39.2 Å². The second-order valence-electron chi connectivity index (χ2n) is 4.80. The molecule has 0 heterocycles. The van der Waals surface area contributed by atoms with E-state index < -0.39 is 9.28 Å². The first-order chi connectivity index (χ1) is 9.13. The van der Waals surface area contributed by atoms with Crippen LogP contribution in [-0.2, 0) is 18.4 Å². The Hall–Kier alpha value is -0.653. The number of rotatable bonds is 12. The zero-order valence-corrected chi connectivity index (χ0v) is 13.7. The van der Waals surface area contributed by atoms with E-state index in [2.05, 4.69) is 13.5 Å². The van der Waals surface area contributed by atoms with Crippen molar-refractivity contribution in [2.75, 3.05) is 20.8 Å². The van der Waals surface area contributed by atoms with Crippen LogP contribution in [0.4, 0.5) is 0 Å². The maximum absolute atomic E-state index is 10.9. The van der Waals surface area contributed by atoms with E-state index >= 15 is 0 Å². The topological polar surface area (TPSA) is 44.8 Å². The number of hydrogen-bond acceptors (Lipinski definition) is 4. The van der Waals surface area contributed by atoms with E-state index in [-0.39, 0.29) is 5.97 Å². The molecule has 0 radical (unpaired) electrons. The Morgan fingerprint density at radius 2 is 1.89 bits per heavy atom. The molecule has 0 saturated carbocycles. The van der Waals surface area contributed by atoms with E-state index in [9.17, 15) is 4.79 Å². The molecule has 112 valence electrons. The number of carbonyl (C=O) groups is 1. The Morgan fingerprint density at radius 1 is 1.21 bits per heavy atom. The van der Waals surface area contributed by atoms with E-state index in [1.54, 1.807) is 14.2 Å². The molecule has 4 nitrogen and oxygen atoms in total. The second kappa shape index (κ2) is 12.4. The summed E-state index contributed by atoms with van der Waals surface area (Å²) in [6.07, 6.45) is 6.91. The van der Waals surface area contributed by atoms with Crippen LogP contribution in [0.5, 0.6) is 0 Å². The second-order valence-corrected chi connectivity index (χ2v) is 7.18. The van der Waals surface area contributed by atoms with Crippen LogP contribution in [-0.4, -0.2) is 36.1 Å². The molecule has 0 rings (SSSR count). The predicted octanol–water partition coefficient (Wildman–Crippen LogP) is 2.82. The summed E-state index contributed by atoms with van der Waals surface area (Å²) < 4.78 is 15.5. The molecular formula is C14H28O4Si. The molecule has 0 aliphatic heterocycles. The van der Waals surface area contributed by atoms with Crippen molar-refractivity contribution in [3.05, 3.63) is 12.7 Å². The number of esters is 1. The highest BCUT2D eigenvalue weighted by Gasteiger charge is 2.09. The van der Waals surface area contributed by atoms with Gasteiger partial charge in [-0.25, -0.2) is 4.79 Å². The highest BCUT2D eigenvalue weighted by molar-refractivity contribution is 6.44. The summed E-state index contributed by atoms with van der Waals surface area (Å²) in [5.74, 6) is 0.262. The third-order valence-corrected chi connectivity index (χ3v) is 5.12. The lowest BCUT2D eigenvalue weighted by molar-refractivity contribution is -0.138. The van der Waals surface area contributed by atoms with Gasteiger partial charge in [-0.2, -0.15) is 0 Å². The first kappa shape index (κ1) is 18.3. The van der Waals surface area contributed by atoms with Crippen molar-refractivity contribution >= 4 is 15.3 Å². The van der Waals surface area contributed by atoms with E-state index in [1.165, 1.54) is 31.8 Å². The smallest absolute Gasteiger partial charge is 0.330 e. The maximum Gasteiger partial charge on any atom is 0.330 e. The Kier molecular flexibility index (Phi) is 12.0. The Labute approximate surface area is 119 Å². The lowest BCUT2D eigenvalue weighted by atomic mass is 10.0. The van der Waals surface area contributed by atoms with E-state index in [0.717, 1.165) is 12.5 Å². The van der Waals surface area contributed by atoms with Crippen LogP contribution >= 0.6 is 0 Å². The van der Waals surface area contributed by atoms with Gasteiger partial charge in [-0.15, -0.1) is 0 Å². The van der Waals surface area contributed by atoms with Gasteiger partial charge in [0.2, 0.25) is 0 Å². The van der Waals surface area contributed by atoms with Gasteiger partial charge in [0, 0.05) is 20.3 Å². The normalized spacial score (nSPS) is 12.4. The van der Waals surface area contributed by atoms with Crippen molar-refractivity contribution in [3.8, 4) is 0 Å². The van der Waals surface area contributed by atoms with Gasteiger partial charge in [0.15, 0.2) is 0 Å². The Balaban J connectivity index is 3.40. The van der Waals surface area contributed by atoms with Crippen molar-refractivity contribution in [2.24, 2.45) is 5.92 Å². The van der Waals surface area contributed by atoms with Gasteiger partial charge in [0.25, 0.3) is 0 Å². The van der Waals surface area contributed by atoms with Crippen LogP contribution in [0, 0.1) is 5.92 Å². The van der Waals surface area contributed by atoms with E-state index in [1.807, 2.05) is 0 Å². The fourth-order valence-corrected chi connectivity index (χ4v) is 3.16. The maximum atomic E-state index is 10.9. The molecule has 19 heavy (non-hydrogen) atoms. The lowest BCUT2D eigenvalue weighted by Crippen LogP contribution is -2.18. The number of carbonyl (C=O) groups excluding carboxylic acids is 1. The summed E-state index contributed by atoms with van der Waals surface area (Å²) in [5, 5.41) is 0. The average Bonchev–Trinajstić information content (AvgIpc) is 2.42. The van der Waals surface area contributed by atoms with Crippen molar-refractivity contribution in [1.29, 1.82) is 0 Å². The minimum atomic E-state index is -1.36. The Bertz CT molecular complexity index is 242. The summed E-state index contributed by atoms with van der Waals surface area (Å²) in [7, 11) is 2.10. The van der Waals surface area contributed by atoms with Gasteiger partial charge in [0.1, 0.15) is 0 Å². The van der Waals surface area contributed by atoms with Crippen LogP contribution in [0.1, 0.15) is 39.0 Å². The fraction of sp³-hybridized carbons (Fsp3) is 0.786. The summed E-state index contributed by atoms with van der Waals surface area (Å²) in [4.78, 5) is 10.9. The standard InChI is InChI=1S/C14H28O4Si/c1-5-14(15)18-11-10-13(2)9-7-6-8-12-19(16-3)17-4/h5,13,19H,1,6-12H2,2-4H3. The molecule has 0 aromatic heterocycles. The molecule has 0 aromatic rings. The monoisotopic (exact) mass is 288 g/mol. The molecule has 1 unspecified atom stereocenters. The lowest BCUT2D eigenvalue weighted by Gasteiger charge is -2.12. The molecule has 0 aliphatic rings. The minimum Gasteiger partial charge on any atom is -0.463 e. The van der Waals surface area contributed by atoms with Gasteiger partial charge in [0.05, 0.1) is 6.61 Å². The van der Waals surface area contributed by atoms with Gasteiger partial charge >= 0.3 is 15.3 Å². The molecule has 0 bridgehead atoms. The van der Waals surface area contributed by atoms with Gasteiger partial charge < -0.3 is 13.6 Å². The molecule has 0 aromatic carbocycles. The molecule has 0 N–H and O–H groups in total. The first-order valence-electron chi connectivity index (χ1n) is 6.98. The molecular weight excluding hydrogens is 260 g/mol. The summed E-state index contributed by atoms with van der Waals surface area (Å²) in [6, 6.07) is 1.08. The van der Waals surface area contributed by atoms with Crippen molar-refractivity contribution < 1.29 is 18.4 Å². The molecule has 0 spiro atoms. The molecule has 0 fully saturated rings. The summed E-state index contributed by atoms with van der Waals surface area (Å²) in [6.45, 7) is 6.06. The fourth-order valence-electron chi connectivity index (χ4n) is 1.88. The predicted molar refractivity (Wildman–Crippen MR) is 79.4 cm³/mol. The average molecular weight is 288 g/mol. The minimum absolute atomic E-state index is 0.331. The molecule has 0 amide bonds. The van der Waals surface area contributed by atoms with Crippen molar-refractivity contribution in [1.82, 2.24) is 0 Å². The SMILES string of the molecule is C=CC(=O)OCCC(C)CCCCC[SiH](OC)OC. The number of unbranched alkanes of at least 4 members (excludes halogenated alkanes) is 2. The largest absolute Gasteiger partial charge is 0.463 e. The van der Waals surface area contributed by atoms with E-state index in [0.29, 0.717) is 12.5 Å². The third-order valence-electron chi connectivity index (χ3n) is 3.18. The number of ether oxygens (including phenoxy) is 1. The zero-order valence-electron chi connectivity index (χ0n) is 12.5. The highest BCUT2D eigenvalue weighted by Crippen LogP contribution is 2.14. The van der Waals surface area contributed by atoms with Crippen LogP contribution in [0.3, 0.4) is 0 Å². The zero-order chi connectivity index (χ0) is 14.5.